The second-order valence-corrected chi connectivity index (χ2v) is 6.84. The molecule has 2 heterocycles. The summed E-state index contributed by atoms with van der Waals surface area (Å²) < 4.78 is 10.6. The van der Waals surface area contributed by atoms with Crippen LogP contribution in [0.4, 0.5) is 4.79 Å². The lowest BCUT2D eigenvalue weighted by Crippen LogP contribution is -2.55. The molecule has 2 atom stereocenters. The van der Waals surface area contributed by atoms with Crippen molar-refractivity contribution in [2.45, 2.75) is 69.7 Å². The van der Waals surface area contributed by atoms with Gasteiger partial charge in [0.25, 0.3) is 0 Å². The van der Waals surface area contributed by atoms with Gasteiger partial charge in [0.05, 0.1) is 12.2 Å². The highest BCUT2D eigenvalue weighted by molar-refractivity contribution is 5.69. The van der Waals surface area contributed by atoms with E-state index in [1.54, 1.807) is 7.11 Å². The molecule has 0 aromatic rings. The van der Waals surface area contributed by atoms with Crippen molar-refractivity contribution in [3.8, 4) is 0 Å². The number of amides is 1. The highest BCUT2D eigenvalue weighted by Crippen LogP contribution is 2.41. The minimum absolute atomic E-state index is 0.0775. The monoisotopic (exact) mass is 271 g/mol. The molecular formula is C14H25NO4. The van der Waals surface area contributed by atoms with Crippen molar-refractivity contribution in [2.24, 2.45) is 0 Å². The van der Waals surface area contributed by atoms with Gasteiger partial charge in [0.15, 0.2) is 0 Å². The van der Waals surface area contributed by atoms with Crippen LogP contribution >= 0.6 is 0 Å². The molecule has 0 aliphatic carbocycles. The largest absolute Gasteiger partial charge is 0.444 e. The first-order valence-corrected chi connectivity index (χ1v) is 6.97. The minimum atomic E-state index is -0.793. The SMILES string of the molecule is COCC1(O)CC2CCC(C1)N2C(=O)OC(C)(C)C. The number of nitrogens with zero attached hydrogens (tertiary/aromatic N) is 1. The first kappa shape index (κ1) is 14.6. The molecule has 2 bridgehead atoms. The lowest BCUT2D eigenvalue weighted by atomic mass is 9.87. The number of piperidine rings is 1. The predicted octanol–water partition coefficient (Wildman–Crippen LogP) is 1.93. The molecule has 2 rings (SSSR count). The maximum absolute atomic E-state index is 12.2. The number of rotatable bonds is 2. The van der Waals surface area contributed by atoms with Gasteiger partial charge in [-0.1, -0.05) is 0 Å². The third kappa shape index (κ3) is 3.20. The number of methoxy groups -OCH3 is 1. The van der Waals surface area contributed by atoms with Gasteiger partial charge in [0.1, 0.15) is 5.60 Å². The van der Waals surface area contributed by atoms with Crippen LogP contribution in [0.5, 0.6) is 0 Å². The van der Waals surface area contributed by atoms with Crippen LogP contribution in [0, 0.1) is 0 Å². The first-order valence-electron chi connectivity index (χ1n) is 6.97. The Labute approximate surface area is 114 Å². The fourth-order valence-corrected chi connectivity index (χ4v) is 3.32. The lowest BCUT2D eigenvalue weighted by Gasteiger charge is -2.43. The van der Waals surface area contributed by atoms with Crippen LogP contribution in [0.25, 0.3) is 0 Å². The number of aliphatic hydroxyl groups is 1. The predicted molar refractivity (Wildman–Crippen MR) is 70.9 cm³/mol. The van der Waals surface area contributed by atoms with Crippen molar-refractivity contribution < 1.29 is 19.4 Å². The number of fused-ring (bicyclic) bond motifs is 2. The minimum Gasteiger partial charge on any atom is -0.444 e. The summed E-state index contributed by atoms with van der Waals surface area (Å²) in [5.41, 5.74) is -1.27. The normalized spacial score (nSPS) is 34.5. The average molecular weight is 271 g/mol. The summed E-state index contributed by atoms with van der Waals surface area (Å²) in [5.74, 6) is 0. The molecule has 1 amide bonds. The van der Waals surface area contributed by atoms with Crippen molar-refractivity contribution in [3.63, 3.8) is 0 Å². The highest BCUT2D eigenvalue weighted by Gasteiger charge is 2.50. The third-order valence-electron chi connectivity index (χ3n) is 3.87. The number of carbonyl (C=O) groups is 1. The summed E-state index contributed by atoms with van der Waals surface area (Å²) in [7, 11) is 1.60. The molecule has 110 valence electrons. The second-order valence-electron chi connectivity index (χ2n) is 6.84. The molecule has 5 nitrogen and oxygen atoms in total. The van der Waals surface area contributed by atoms with Crippen molar-refractivity contribution in [2.75, 3.05) is 13.7 Å². The summed E-state index contributed by atoms with van der Waals surface area (Å²) in [5, 5.41) is 10.5. The van der Waals surface area contributed by atoms with Gasteiger partial charge in [-0.05, 0) is 46.5 Å². The molecule has 1 N–H and O–H groups in total. The summed E-state index contributed by atoms with van der Waals surface area (Å²) >= 11 is 0. The third-order valence-corrected chi connectivity index (χ3v) is 3.87. The summed E-state index contributed by atoms with van der Waals surface area (Å²) in [6.45, 7) is 5.95. The van der Waals surface area contributed by atoms with Crippen LogP contribution in [0.15, 0.2) is 0 Å². The summed E-state index contributed by atoms with van der Waals surface area (Å²) in [6.07, 6.45) is 2.79. The molecule has 0 spiro atoms. The van der Waals surface area contributed by atoms with E-state index < -0.39 is 11.2 Å². The molecule has 0 aromatic heterocycles. The fraction of sp³-hybridized carbons (Fsp3) is 0.929. The molecule has 19 heavy (non-hydrogen) atoms. The first-order chi connectivity index (χ1) is 8.74. The Morgan fingerprint density at radius 2 is 1.84 bits per heavy atom. The van der Waals surface area contributed by atoms with Gasteiger partial charge in [-0.15, -0.1) is 0 Å². The van der Waals surface area contributed by atoms with Crippen LogP contribution in [0.2, 0.25) is 0 Å². The summed E-state index contributed by atoms with van der Waals surface area (Å²) in [4.78, 5) is 14.1. The quantitative estimate of drug-likeness (QED) is 0.833. The maximum Gasteiger partial charge on any atom is 0.410 e. The van der Waals surface area contributed by atoms with Crippen LogP contribution in [0.1, 0.15) is 46.5 Å². The van der Waals surface area contributed by atoms with E-state index in [9.17, 15) is 9.90 Å². The van der Waals surface area contributed by atoms with Gasteiger partial charge < -0.3 is 19.5 Å². The van der Waals surface area contributed by atoms with E-state index in [4.69, 9.17) is 9.47 Å². The van der Waals surface area contributed by atoms with E-state index >= 15 is 0 Å². The molecule has 0 saturated carbocycles. The van der Waals surface area contributed by atoms with Gasteiger partial charge in [-0.3, -0.25) is 0 Å². The van der Waals surface area contributed by atoms with E-state index in [-0.39, 0.29) is 18.2 Å². The lowest BCUT2D eigenvalue weighted by molar-refractivity contribution is -0.0924. The van der Waals surface area contributed by atoms with E-state index in [0.29, 0.717) is 19.4 Å². The molecule has 0 radical (unpaired) electrons. The molecular weight excluding hydrogens is 246 g/mol. The zero-order valence-electron chi connectivity index (χ0n) is 12.3. The van der Waals surface area contributed by atoms with Gasteiger partial charge in [-0.25, -0.2) is 4.79 Å². The van der Waals surface area contributed by atoms with Crippen molar-refractivity contribution in [3.05, 3.63) is 0 Å². The molecule has 0 aromatic carbocycles. The number of ether oxygens (including phenoxy) is 2. The molecule has 2 aliphatic heterocycles. The standard InChI is InChI=1S/C14H25NO4/c1-13(2,3)19-12(16)15-10-5-6-11(15)8-14(17,7-10)9-18-4/h10-11,17H,5-9H2,1-4H3. The van der Waals surface area contributed by atoms with Crippen LogP contribution in [0.3, 0.4) is 0 Å². The smallest absolute Gasteiger partial charge is 0.410 e. The second kappa shape index (κ2) is 4.94. The van der Waals surface area contributed by atoms with E-state index in [1.807, 2.05) is 25.7 Å². The molecule has 2 aliphatic rings. The van der Waals surface area contributed by atoms with Crippen LogP contribution in [-0.4, -0.2) is 53.1 Å². The van der Waals surface area contributed by atoms with Crippen LogP contribution < -0.4 is 0 Å². The van der Waals surface area contributed by atoms with Gasteiger partial charge in [0, 0.05) is 19.2 Å². The van der Waals surface area contributed by atoms with Gasteiger partial charge in [-0.2, -0.15) is 0 Å². The zero-order valence-corrected chi connectivity index (χ0v) is 12.3. The molecule has 2 fully saturated rings. The fourth-order valence-electron chi connectivity index (χ4n) is 3.32. The number of hydrogen-bond acceptors (Lipinski definition) is 4. The Hall–Kier alpha value is -0.810. The zero-order chi connectivity index (χ0) is 14.3. The Kier molecular flexibility index (Phi) is 3.80. The van der Waals surface area contributed by atoms with Crippen molar-refractivity contribution in [1.82, 2.24) is 4.90 Å². The van der Waals surface area contributed by atoms with E-state index in [2.05, 4.69) is 0 Å². The van der Waals surface area contributed by atoms with Crippen molar-refractivity contribution in [1.29, 1.82) is 0 Å². The Morgan fingerprint density at radius 3 is 2.26 bits per heavy atom. The summed E-state index contributed by atoms with van der Waals surface area (Å²) in [6, 6.07) is 0.155. The van der Waals surface area contributed by atoms with E-state index in [0.717, 1.165) is 12.8 Å². The molecule has 2 saturated heterocycles. The Morgan fingerprint density at radius 1 is 1.32 bits per heavy atom. The number of carbonyl (C=O) groups excluding carboxylic acids is 1. The molecule has 5 heteroatoms. The Balaban J connectivity index is 2.05. The molecule has 2 unspecified atom stereocenters. The highest BCUT2D eigenvalue weighted by atomic mass is 16.6. The maximum atomic E-state index is 12.2. The van der Waals surface area contributed by atoms with Crippen LogP contribution in [-0.2, 0) is 9.47 Å². The Bertz CT molecular complexity index is 336. The number of hydrogen-bond donors (Lipinski definition) is 1. The topological polar surface area (TPSA) is 59.0 Å². The average Bonchev–Trinajstić information content (AvgIpc) is 2.50. The van der Waals surface area contributed by atoms with Crippen molar-refractivity contribution >= 4 is 6.09 Å². The van der Waals surface area contributed by atoms with E-state index in [1.165, 1.54) is 0 Å². The van der Waals surface area contributed by atoms with Gasteiger partial charge in [0.2, 0.25) is 0 Å². The van der Waals surface area contributed by atoms with Gasteiger partial charge >= 0.3 is 6.09 Å².